The summed E-state index contributed by atoms with van der Waals surface area (Å²) < 4.78 is 5.55. The van der Waals surface area contributed by atoms with Gasteiger partial charge in [0.05, 0.1) is 0 Å². The maximum Gasteiger partial charge on any atom is 0.129 e. The molecule has 0 saturated heterocycles. The number of hydrogen-bond acceptors (Lipinski definition) is 2. The van der Waals surface area contributed by atoms with Gasteiger partial charge < -0.3 is 10.5 Å². The van der Waals surface area contributed by atoms with Crippen molar-refractivity contribution in [3.63, 3.8) is 0 Å². The first-order valence-electron chi connectivity index (χ1n) is 4.37. The van der Waals surface area contributed by atoms with Gasteiger partial charge in [-0.3, -0.25) is 0 Å². The van der Waals surface area contributed by atoms with E-state index < -0.39 is 0 Å². The zero-order chi connectivity index (χ0) is 9.42. The summed E-state index contributed by atoms with van der Waals surface area (Å²) in [6.07, 6.45) is 0. The van der Waals surface area contributed by atoms with Gasteiger partial charge in [-0.05, 0) is 37.1 Å². The Bertz CT molecular complexity index is 380. The Morgan fingerprint density at radius 2 is 2.08 bits per heavy atom. The predicted octanol–water partition coefficient (Wildman–Crippen LogP) is 2.08. The monoisotopic (exact) mass is 175 g/mol. The second-order valence-electron chi connectivity index (χ2n) is 3.48. The Hall–Kier alpha value is -1.44. The van der Waals surface area contributed by atoms with Gasteiger partial charge in [0.2, 0.25) is 0 Å². The lowest BCUT2D eigenvalue weighted by atomic mass is 10.0. The van der Waals surface area contributed by atoms with Crippen molar-refractivity contribution in [3.05, 3.63) is 34.9 Å². The SMILES string of the molecule is CC1=C(N)c2ccc(C)cc2OC1. The molecule has 13 heavy (non-hydrogen) atoms. The molecule has 0 aliphatic carbocycles. The molecule has 1 aliphatic rings. The van der Waals surface area contributed by atoms with Gasteiger partial charge in [0.1, 0.15) is 12.4 Å². The Labute approximate surface area is 78.0 Å². The number of rotatable bonds is 0. The topological polar surface area (TPSA) is 35.2 Å². The first-order chi connectivity index (χ1) is 6.18. The van der Waals surface area contributed by atoms with Crippen LogP contribution in [0.4, 0.5) is 0 Å². The first-order valence-corrected chi connectivity index (χ1v) is 4.37. The van der Waals surface area contributed by atoms with E-state index in [1.165, 1.54) is 5.56 Å². The molecule has 0 amide bonds. The minimum absolute atomic E-state index is 0.613. The molecule has 0 saturated carbocycles. The first kappa shape index (κ1) is 8.17. The van der Waals surface area contributed by atoms with Gasteiger partial charge in [-0.15, -0.1) is 0 Å². The number of aryl methyl sites for hydroxylation is 1. The molecule has 68 valence electrons. The molecule has 2 heteroatoms. The molecule has 2 N–H and O–H groups in total. The lowest BCUT2D eigenvalue weighted by molar-refractivity contribution is 0.345. The molecular weight excluding hydrogens is 162 g/mol. The number of benzene rings is 1. The molecule has 1 heterocycles. The second kappa shape index (κ2) is 2.80. The van der Waals surface area contributed by atoms with Crippen LogP contribution in [-0.2, 0) is 0 Å². The predicted molar refractivity (Wildman–Crippen MR) is 53.5 cm³/mol. The van der Waals surface area contributed by atoms with Gasteiger partial charge in [0.15, 0.2) is 0 Å². The minimum atomic E-state index is 0.613. The van der Waals surface area contributed by atoms with E-state index in [0.717, 1.165) is 22.6 Å². The van der Waals surface area contributed by atoms with Crippen LogP contribution in [0.15, 0.2) is 23.8 Å². The van der Waals surface area contributed by atoms with Crippen molar-refractivity contribution in [3.8, 4) is 5.75 Å². The molecule has 1 aromatic rings. The van der Waals surface area contributed by atoms with E-state index in [1.54, 1.807) is 0 Å². The van der Waals surface area contributed by atoms with Crippen LogP contribution in [0.2, 0.25) is 0 Å². The van der Waals surface area contributed by atoms with Gasteiger partial charge in [0.25, 0.3) is 0 Å². The summed E-state index contributed by atoms with van der Waals surface area (Å²) in [5.74, 6) is 0.906. The van der Waals surface area contributed by atoms with E-state index in [0.29, 0.717) is 6.61 Å². The minimum Gasteiger partial charge on any atom is -0.488 e. The third kappa shape index (κ3) is 1.28. The largest absolute Gasteiger partial charge is 0.488 e. The molecule has 0 spiro atoms. The van der Waals surface area contributed by atoms with Crippen LogP contribution in [0.3, 0.4) is 0 Å². The summed E-state index contributed by atoms with van der Waals surface area (Å²) in [5.41, 5.74) is 10.1. The third-order valence-corrected chi connectivity index (χ3v) is 2.33. The number of hydrogen-bond donors (Lipinski definition) is 1. The van der Waals surface area contributed by atoms with Crippen LogP contribution in [0.5, 0.6) is 5.75 Å². The Morgan fingerprint density at radius 1 is 1.31 bits per heavy atom. The molecule has 1 aromatic carbocycles. The zero-order valence-electron chi connectivity index (χ0n) is 7.92. The lowest BCUT2D eigenvalue weighted by Crippen LogP contribution is -2.13. The van der Waals surface area contributed by atoms with E-state index in [-0.39, 0.29) is 0 Å². The highest BCUT2D eigenvalue weighted by Gasteiger charge is 2.14. The highest BCUT2D eigenvalue weighted by molar-refractivity contribution is 5.72. The maximum atomic E-state index is 5.94. The Balaban J connectivity index is 2.58. The highest BCUT2D eigenvalue weighted by Crippen LogP contribution is 2.30. The standard InChI is InChI=1S/C11H13NO/c1-7-3-4-9-10(5-7)13-6-8(2)11(9)12/h3-5H,6,12H2,1-2H3. The number of nitrogens with two attached hydrogens (primary N) is 1. The fourth-order valence-corrected chi connectivity index (χ4v) is 1.47. The van der Waals surface area contributed by atoms with Crippen LogP contribution >= 0.6 is 0 Å². The van der Waals surface area contributed by atoms with Crippen molar-refractivity contribution in [1.29, 1.82) is 0 Å². The van der Waals surface area contributed by atoms with E-state index in [1.807, 2.05) is 32.0 Å². The molecule has 0 fully saturated rings. The summed E-state index contributed by atoms with van der Waals surface area (Å²) in [4.78, 5) is 0. The van der Waals surface area contributed by atoms with Crippen LogP contribution in [0.1, 0.15) is 18.1 Å². The third-order valence-electron chi connectivity index (χ3n) is 2.33. The van der Waals surface area contributed by atoms with Gasteiger partial charge in [-0.2, -0.15) is 0 Å². The summed E-state index contributed by atoms with van der Waals surface area (Å²) in [6, 6.07) is 6.09. The Morgan fingerprint density at radius 3 is 2.85 bits per heavy atom. The molecule has 0 unspecified atom stereocenters. The fourth-order valence-electron chi connectivity index (χ4n) is 1.47. The van der Waals surface area contributed by atoms with Crippen molar-refractivity contribution in [2.45, 2.75) is 13.8 Å². The zero-order valence-corrected chi connectivity index (χ0v) is 7.92. The Kier molecular flexibility index (Phi) is 1.76. The fraction of sp³-hybridized carbons (Fsp3) is 0.273. The summed E-state index contributed by atoms with van der Waals surface area (Å²) in [5, 5.41) is 0. The van der Waals surface area contributed by atoms with E-state index in [2.05, 4.69) is 0 Å². The summed E-state index contributed by atoms with van der Waals surface area (Å²) in [6.45, 7) is 4.66. The normalized spacial score (nSPS) is 15.2. The van der Waals surface area contributed by atoms with E-state index >= 15 is 0 Å². The molecular formula is C11H13NO. The van der Waals surface area contributed by atoms with Crippen molar-refractivity contribution in [2.75, 3.05) is 6.61 Å². The maximum absolute atomic E-state index is 5.94. The van der Waals surface area contributed by atoms with Gasteiger partial charge in [-0.25, -0.2) is 0 Å². The van der Waals surface area contributed by atoms with Gasteiger partial charge in [-0.1, -0.05) is 6.07 Å². The van der Waals surface area contributed by atoms with Crippen molar-refractivity contribution in [2.24, 2.45) is 5.73 Å². The summed E-state index contributed by atoms with van der Waals surface area (Å²) >= 11 is 0. The molecule has 0 bridgehead atoms. The van der Waals surface area contributed by atoms with Gasteiger partial charge in [0, 0.05) is 11.3 Å². The average Bonchev–Trinajstić information content (AvgIpc) is 2.12. The summed E-state index contributed by atoms with van der Waals surface area (Å²) in [7, 11) is 0. The quantitative estimate of drug-likeness (QED) is 0.655. The second-order valence-corrected chi connectivity index (χ2v) is 3.48. The van der Waals surface area contributed by atoms with Crippen LogP contribution in [-0.4, -0.2) is 6.61 Å². The van der Waals surface area contributed by atoms with E-state index in [9.17, 15) is 0 Å². The molecule has 0 radical (unpaired) electrons. The van der Waals surface area contributed by atoms with E-state index in [4.69, 9.17) is 10.5 Å². The highest BCUT2D eigenvalue weighted by atomic mass is 16.5. The molecule has 0 aromatic heterocycles. The average molecular weight is 175 g/mol. The van der Waals surface area contributed by atoms with Crippen molar-refractivity contribution < 1.29 is 4.74 Å². The van der Waals surface area contributed by atoms with Gasteiger partial charge >= 0.3 is 0 Å². The van der Waals surface area contributed by atoms with Crippen molar-refractivity contribution in [1.82, 2.24) is 0 Å². The molecule has 2 nitrogen and oxygen atoms in total. The number of ether oxygens (including phenoxy) is 1. The van der Waals surface area contributed by atoms with Crippen molar-refractivity contribution >= 4 is 5.70 Å². The lowest BCUT2D eigenvalue weighted by Gasteiger charge is -2.19. The molecule has 0 atom stereocenters. The smallest absolute Gasteiger partial charge is 0.129 e. The van der Waals surface area contributed by atoms with Crippen LogP contribution in [0.25, 0.3) is 5.70 Å². The molecule has 1 aliphatic heterocycles. The van der Waals surface area contributed by atoms with Crippen LogP contribution in [0, 0.1) is 6.92 Å². The molecule has 2 rings (SSSR count). The van der Waals surface area contributed by atoms with Crippen LogP contribution < -0.4 is 10.5 Å². The number of fused-ring (bicyclic) bond motifs is 1.